The molecule has 1 aromatic carbocycles. The van der Waals surface area contributed by atoms with Crippen LogP contribution in [0.5, 0.6) is 5.75 Å². The maximum absolute atomic E-state index is 12.7. The predicted molar refractivity (Wildman–Crippen MR) is 102 cm³/mol. The normalized spacial score (nSPS) is 11.3. The smallest absolute Gasteiger partial charge is 0.268 e. The average Bonchev–Trinajstić information content (AvgIpc) is 3.12. The van der Waals surface area contributed by atoms with Gasteiger partial charge in [-0.15, -0.1) is 0 Å². The number of hydrogen-bond acceptors (Lipinski definition) is 4. The number of carbonyl (C=O) groups excluding carboxylic acids is 1. The number of furan rings is 1. The lowest BCUT2D eigenvalue weighted by Gasteiger charge is -2.13. The fourth-order valence-corrected chi connectivity index (χ4v) is 2.96. The third kappa shape index (κ3) is 3.91. The number of hydrogen-bond donors (Lipinski definition) is 1. The fourth-order valence-electron chi connectivity index (χ4n) is 2.96. The molecule has 0 atom stereocenters. The molecule has 0 radical (unpaired) electrons. The van der Waals surface area contributed by atoms with Gasteiger partial charge in [0.05, 0.1) is 12.6 Å². The molecule has 0 aliphatic carbocycles. The quantitative estimate of drug-likeness (QED) is 0.708. The molecule has 2 aromatic heterocycles. The minimum absolute atomic E-state index is 0.0983. The second kappa shape index (κ2) is 7.66. The third-order valence-electron chi connectivity index (χ3n) is 4.26. The van der Waals surface area contributed by atoms with Gasteiger partial charge in [-0.2, -0.15) is 0 Å². The van der Waals surface area contributed by atoms with Crippen LogP contribution in [0.1, 0.15) is 21.8 Å². The van der Waals surface area contributed by atoms with E-state index in [4.69, 9.17) is 9.15 Å². The summed E-state index contributed by atoms with van der Waals surface area (Å²) in [5.41, 5.74) is 3.30. The Hall–Kier alpha value is -2.73. The third-order valence-corrected chi connectivity index (χ3v) is 4.26. The van der Waals surface area contributed by atoms with Crippen molar-refractivity contribution in [3.63, 3.8) is 0 Å². The number of nitrogens with zero attached hydrogens (tertiary/aromatic N) is 2. The molecule has 3 aromatic rings. The molecule has 0 spiro atoms. The van der Waals surface area contributed by atoms with E-state index in [1.807, 2.05) is 66.9 Å². The first-order chi connectivity index (χ1) is 12.5. The first-order valence-electron chi connectivity index (χ1n) is 8.63. The highest BCUT2D eigenvalue weighted by Crippen LogP contribution is 2.25. The number of ether oxygens (including phenoxy) is 1. The van der Waals surface area contributed by atoms with Gasteiger partial charge < -0.3 is 23.9 Å². The van der Waals surface area contributed by atoms with Gasteiger partial charge in [0.15, 0.2) is 5.58 Å². The van der Waals surface area contributed by atoms with Crippen LogP contribution in [0.2, 0.25) is 0 Å². The van der Waals surface area contributed by atoms with Gasteiger partial charge in [0, 0.05) is 31.8 Å². The SMILES string of the molecule is COc1cccc(Cn2c(C(=O)NCCN(C)C)cc3oc(C)cc32)c1. The second-order valence-electron chi connectivity index (χ2n) is 6.63. The van der Waals surface area contributed by atoms with Crippen LogP contribution in [0.4, 0.5) is 0 Å². The van der Waals surface area contributed by atoms with Gasteiger partial charge in [-0.25, -0.2) is 0 Å². The Labute approximate surface area is 153 Å². The molecule has 1 amide bonds. The van der Waals surface area contributed by atoms with Crippen molar-refractivity contribution in [2.75, 3.05) is 34.3 Å². The standard InChI is InChI=1S/C20H25N3O3/c1-14-10-17-19(26-14)12-18(20(24)21-8-9-22(2)3)23(17)13-15-6-5-7-16(11-15)25-4/h5-7,10-12H,8-9,13H2,1-4H3,(H,21,24). The molecule has 6 heteroatoms. The van der Waals surface area contributed by atoms with Crippen molar-refractivity contribution < 1.29 is 13.9 Å². The zero-order valence-corrected chi connectivity index (χ0v) is 15.7. The van der Waals surface area contributed by atoms with Crippen molar-refractivity contribution >= 4 is 17.0 Å². The van der Waals surface area contributed by atoms with Crippen LogP contribution in [0.15, 0.2) is 40.8 Å². The number of methoxy groups -OCH3 is 1. The zero-order valence-electron chi connectivity index (χ0n) is 15.7. The highest BCUT2D eigenvalue weighted by molar-refractivity contribution is 5.97. The van der Waals surface area contributed by atoms with E-state index < -0.39 is 0 Å². The summed E-state index contributed by atoms with van der Waals surface area (Å²) in [6.07, 6.45) is 0. The predicted octanol–water partition coefficient (Wildman–Crippen LogP) is 2.89. The summed E-state index contributed by atoms with van der Waals surface area (Å²) in [6.45, 7) is 3.86. The molecule has 1 N–H and O–H groups in total. The van der Waals surface area contributed by atoms with E-state index in [0.717, 1.165) is 34.7 Å². The van der Waals surface area contributed by atoms with Gasteiger partial charge in [0.25, 0.3) is 5.91 Å². The molecular weight excluding hydrogens is 330 g/mol. The minimum atomic E-state index is -0.0983. The number of amides is 1. The minimum Gasteiger partial charge on any atom is -0.497 e. The van der Waals surface area contributed by atoms with Crippen molar-refractivity contribution in [2.45, 2.75) is 13.5 Å². The lowest BCUT2D eigenvalue weighted by molar-refractivity contribution is 0.0942. The summed E-state index contributed by atoms with van der Waals surface area (Å²) in [4.78, 5) is 14.7. The molecule has 0 aliphatic rings. The maximum atomic E-state index is 12.7. The van der Waals surface area contributed by atoms with E-state index in [0.29, 0.717) is 18.8 Å². The van der Waals surface area contributed by atoms with Crippen molar-refractivity contribution in [2.24, 2.45) is 0 Å². The summed E-state index contributed by atoms with van der Waals surface area (Å²) in [7, 11) is 5.61. The molecule has 0 aliphatic heterocycles. The van der Waals surface area contributed by atoms with E-state index >= 15 is 0 Å². The van der Waals surface area contributed by atoms with Crippen LogP contribution in [-0.2, 0) is 6.54 Å². The van der Waals surface area contributed by atoms with E-state index in [1.54, 1.807) is 7.11 Å². The highest BCUT2D eigenvalue weighted by Gasteiger charge is 2.18. The van der Waals surface area contributed by atoms with Gasteiger partial charge in [0.2, 0.25) is 0 Å². The van der Waals surface area contributed by atoms with Crippen molar-refractivity contribution in [1.82, 2.24) is 14.8 Å². The molecule has 2 heterocycles. The Kier molecular flexibility index (Phi) is 5.32. The molecule has 0 saturated heterocycles. The Morgan fingerprint density at radius 1 is 1.27 bits per heavy atom. The number of aromatic nitrogens is 1. The van der Waals surface area contributed by atoms with Crippen LogP contribution in [-0.4, -0.2) is 49.7 Å². The number of rotatable bonds is 7. The van der Waals surface area contributed by atoms with Crippen molar-refractivity contribution in [1.29, 1.82) is 0 Å². The monoisotopic (exact) mass is 355 g/mol. The highest BCUT2D eigenvalue weighted by atomic mass is 16.5. The summed E-state index contributed by atoms with van der Waals surface area (Å²) < 4.78 is 13.0. The van der Waals surface area contributed by atoms with Crippen molar-refractivity contribution in [3.8, 4) is 5.75 Å². The Balaban J connectivity index is 1.91. The zero-order chi connectivity index (χ0) is 18.7. The number of nitrogens with one attached hydrogen (secondary N) is 1. The van der Waals surface area contributed by atoms with Crippen LogP contribution in [0.3, 0.4) is 0 Å². The number of fused-ring (bicyclic) bond motifs is 1. The Bertz CT molecular complexity index is 908. The topological polar surface area (TPSA) is 59.6 Å². The molecule has 6 nitrogen and oxygen atoms in total. The lowest BCUT2D eigenvalue weighted by Crippen LogP contribution is -2.32. The van der Waals surface area contributed by atoms with E-state index in [-0.39, 0.29) is 5.91 Å². The summed E-state index contributed by atoms with van der Waals surface area (Å²) >= 11 is 0. The van der Waals surface area contributed by atoms with Crippen molar-refractivity contribution in [3.05, 3.63) is 53.4 Å². The van der Waals surface area contributed by atoms with Gasteiger partial charge in [0.1, 0.15) is 17.2 Å². The van der Waals surface area contributed by atoms with E-state index in [1.165, 1.54) is 0 Å². The number of carbonyl (C=O) groups is 1. The number of benzene rings is 1. The van der Waals surface area contributed by atoms with Crippen LogP contribution < -0.4 is 10.1 Å². The fraction of sp³-hybridized carbons (Fsp3) is 0.350. The summed E-state index contributed by atoms with van der Waals surface area (Å²) in [5, 5.41) is 2.98. The average molecular weight is 355 g/mol. The van der Waals surface area contributed by atoms with E-state index in [9.17, 15) is 4.79 Å². The first-order valence-corrected chi connectivity index (χ1v) is 8.63. The molecule has 0 saturated carbocycles. The van der Waals surface area contributed by atoms with Crippen LogP contribution in [0, 0.1) is 6.92 Å². The largest absolute Gasteiger partial charge is 0.497 e. The lowest BCUT2D eigenvalue weighted by atomic mass is 10.2. The van der Waals surface area contributed by atoms with Gasteiger partial charge >= 0.3 is 0 Å². The van der Waals surface area contributed by atoms with Gasteiger partial charge in [-0.3, -0.25) is 4.79 Å². The molecule has 138 valence electrons. The Morgan fingerprint density at radius 3 is 2.81 bits per heavy atom. The molecule has 0 unspecified atom stereocenters. The second-order valence-corrected chi connectivity index (χ2v) is 6.63. The Morgan fingerprint density at radius 2 is 2.08 bits per heavy atom. The van der Waals surface area contributed by atoms with E-state index in [2.05, 4.69) is 5.32 Å². The summed E-state index contributed by atoms with van der Waals surface area (Å²) in [5.74, 6) is 1.53. The van der Waals surface area contributed by atoms with Gasteiger partial charge in [-0.05, 0) is 38.7 Å². The molecule has 0 fully saturated rings. The number of likely N-dealkylation sites (N-methyl/N-ethyl adjacent to an activating group) is 1. The number of aryl methyl sites for hydroxylation is 1. The maximum Gasteiger partial charge on any atom is 0.268 e. The first kappa shape index (κ1) is 18.1. The molecule has 0 bridgehead atoms. The molecule has 26 heavy (non-hydrogen) atoms. The van der Waals surface area contributed by atoms with Crippen LogP contribution >= 0.6 is 0 Å². The molecule has 3 rings (SSSR count). The summed E-state index contributed by atoms with van der Waals surface area (Å²) in [6, 6.07) is 11.6. The van der Waals surface area contributed by atoms with Crippen LogP contribution in [0.25, 0.3) is 11.1 Å². The van der Waals surface area contributed by atoms with Gasteiger partial charge in [-0.1, -0.05) is 12.1 Å². The molecular formula is C20H25N3O3.